The number of carbonyl (C=O) groups excluding carboxylic acids is 1. The van der Waals surface area contributed by atoms with Crippen molar-refractivity contribution in [3.8, 4) is 11.5 Å². The highest BCUT2D eigenvalue weighted by molar-refractivity contribution is 5.86. The summed E-state index contributed by atoms with van der Waals surface area (Å²) in [4.78, 5) is 11.8. The number of amides is 1. The van der Waals surface area contributed by atoms with E-state index >= 15 is 0 Å². The van der Waals surface area contributed by atoms with Crippen molar-refractivity contribution in [3.05, 3.63) is 59.4 Å². The summed E-state index contributed by atoms with van der Waals surface area (Å²) in [6, 6.07) is 8.35. The smallest absolute Gasteiger partial charge is 0.387 e. The Balaban J connectivity index is 2.03. The Kier molecular flexibility index (Phi) is 7.09. The van der Waals surface area contributed by atoms with Gasteiger partial charge in [0.05, 0.1) is 12.6 Å². The molecule has 0 unspecified atom stereocenters. The molecule has 0 spiro atoms. The van der Waals surface area contributed by atoms with Gasteiger partial charge >= 0.3 is 13.2 Å². The lowest BCUT2D eigenvalue weighted by Crippen LogP contribution is -2.19. The Hall–Kier alpha value is -3.17. The summed E-state index contributed by atoms with van der Waals surface area (Å²) in [6.07, 6.45) is 0.922. The number of rotatable bonds is 8. The Labute approximate surface area is 150 Å². The maximum Gasteiger partial charge on any atom is 0.387 e. The van der Waals surface area contributed by atoms with Gasteiger partial charge in [-0.05, 0) is 29.8 Å². The van der Waals surface area contributed by atoms with Crippen molar-refractivity contribution >= 4 is 12.1 Å². The average molecular weight is 388 g/mol. The van der Waals surface area contributed by atoms with E-state index in [9.17, 15) is 26.7 Å². The number of halogens is 5. The van der Waals surface area contributed by atoms with E-state index in [-0.39, 0.29) is 17.7 Å². The minimum Gasteiger partial charge on any atom is -0.435 e. The molecular formula is C17H13F5N2O3. The number of ether oxygens (including phenoxy) is 2. The zero-order valence-corrected chi connectivity index (χ0v) is 13.5. The third-order valence-electron chi connectivity index (χ3n) is 3.10. The van der Waals surface area contributed by atoms with E-state index in [4.69, 9.17) is 0 Å². The number of hydrogen-bond acceptors (Lipinski definition) is 4. The van der Waals surface area contributed by atoms with Crippen LogP contribution in [0.2, 0.25) is 0 Å². The summed E-state index contributed by atoms with van der Waals surface area (Å²) in [6.45, 7) is -6.33. The fourth-order valence-electron chi connectivity index (χ4n) is 2.00. The first-order valence-corrected chi connectivity index (χ1v) is 7.43. The van der Waals surface area contributed by atoms with Crippen molar-refractivity contribution in [3.63, 3.8) is 0 Å². The average Bonchev–Trinajstić information content (AvgIpc) is 2.58. The molecule has 144 valence electrons. The highest BCUT2D eigenvalue weighted by Gasteiger charge is 2.12. The molecule has 0 radical (unpaired) electrons. The predicted octanol–water partition coefficient (Wildman–Crippen LogP) is 3.72. The van der Waals surface area contributed by atoms with Gasteiger partial charge in [-0.25, -0.2) is 9.82 Å². The third-order valence-corrected chi connectivity index (χ3v) is 3.10. The molecule has 0 saturated heterocycles. The van der Waals surface area contributed by atoms with Crippen molar-refractivity contribution < 1.29 is 36.2 Å². The maximum absolute atomic E-state index is 12.8. The van der Waals surface area contributed by atoms with Crippen LogP contribution in [0, 0.1) is 5.82 Å². The van der Waals surface area contributed by atoms with Gasteiger partial charge in [0.2, 0.25) is 5.91 Å². The molecule has 0 saturated carbocycles. The summed E-state index contributed by atoms with van der Waals surface area (Å²) in [5.41, 5.74) is 2.70. The number of carbonyl (C=O) groups is 1. The quantitative estimate of drug-likeness (QED) is 0.426. The Morgan fingerprint density at radius 2 is 1.70 bits per heavy atom. The van der Waals surface area contributed by atoms with E-state index in [1.165, 1.54) is 24.3 Å². The van der Waals surface area contributed by atoms with Crippen LogP contribution < -0.4 is 14.9 Å². The number of alkyl halides is 4. The number of nitrogens with zero attached hydrogens (tertiary/aromatic N) is 1. The fraction of sp³-hybridized carbons (Fsp3) is 0.176. The van der Waals surface area contributed by atoms with Crippen LogP contribution in [0.25, 0.3) is 0 Å². The summed E-state index contributed by atoms with van der Waals surface area (Å²) >= 11 is 0. The van der Waals surface area contributed by atoms with Crippen LogP contribution >= 0.6 is 0 Å². The van der Waals surface area contributed by atoms with E-state index in [1.54, 1.807) is 0 Å². The number of hydrogen-bond donors (Lipinski definition) is 1. The molecule has 0 atom stereocenters. The van der Waals surface area contributed by atoms with Gasteiger partial charge in [0.15, 0.2) is 0 Å². The second-order valence-electron chi connectivity index (χ2n) is 5.05. The molecule has 0 aliphatic rings. The molecule has 2 aromatic rings. The molecule has 2 aromatic carbocycles. The van der Waals surface area contributed by atoms with Gasteiger partial charge < -0.3 is 9.47 Å². The Morgan fingerprint density at radius 1 is 1.04 bits per heavy atom. The van der Waals surface area contributed by atoms with Crippen molar-refractivity contribution in [1.29, 1.82) is 0 Å². The molecule has 27 heavy (non-hydrogen) atoms. The second-order valence-corrected chi connectivity index (χ2v) is 5.05. The molecule has 2 rings (SSSR count). The van der Waals surface area contributed by atoms with E-state index in [0.717, 1.165) is 24.4 Å². The van der Waals surface area contributed by atoms with E-state index in [1.807, 2.05) is 0 Å². The van der Waals surface area contributed by atoms with Crippen molar-refractivity contribution in [1.82, 2.24) is 5.43 Å². The van der Waals surface area contributed by atoms with Gasteiger partial charge in [-0.15, -0.1) is 0 Å². The van der Waals surface area contributed by atoms with Crippen LogP contribution in [0.3, 0.4) is 0 Å². The molecule has 0 heterocycles. The number of benzene rings is 2. The first-order chi connectivity index (χ1) is 12.8. The van der Waals surface area contributed by atoms with Crippen LogP contribution in [-0.4, -0.2) is 25.3 Å². The molecule has 0 aliphatic carbocycles. The predicted molar refractivity (Wildman–Crippen MR) is 85.5 cm³/mol. The first-order valence-electron chi connectivity index (χ1n) is 7.43. The van der Waals surface area contributed by atoms with Gasteiger partial charge in [-0.1, -0.05) is 12.1 Å². The number of nitrogens with one attached hydrogen (secondary N) is 1. The van der Waals surface area contributed by atoms with Crippen LogP contribution in [0.15, 0.2) is 47.6 Å². The first kappa shape index (κ1) is 20.1. The summed E-state index contributed by atoms with van der Waals surface area (Å²) in [7, 11) is 0. The molecular weight excluding hydrogens is 375 g/mol. The zero-order chi connectivity index (χ0) is 19.8. The van der Waals surface area contributed by atoms with Gasteiger partial charge in [-0.2, -0.15) is 22.7 Å². The SMILES string of the molecule is O=C(Cc1ccc(F)cc1)N/N=C\c1ccc(OC(F)F)cc1OC(F)F. The topological polar surface area (TPSA) is 59.9 Å². The lowest BCUT2D eigenvalue weighted by molar-refractivity contribution is -0.120. The second kappa shape index (κ2) is 9.51. The molecule has 5 nitrogen and oxygen atoms in total. The summed E-state index contributed by atoms with van der Waals surface area (Å²) in [5, 5.41) is 3.60. The highest BCUT2D eigenvalue weighted by atomic mass is 19.3. The highest BCUT2D eigenvalue weighted by Crippen LogP contribution is 2.26. The van der Waals surface area contributed by atoms with Crippen LogP contribution in [-0.2, 0) is 11.2 Å². The Bertz CT molecular complexity index is 798. The van der Waals surface area contributed by atoms with Crippen molar-refractivity contribution in [2.24, 2.45) is 5.10 Å². The van der Waals surface area contributed by atoms with Crippen molar-refractivity contribution in [2.45, 2.75) is 19.6 Å². The lowest BCUT2D eigenvalue weighted by Gasteiger charge is -2.10. The fourth-order valence-corrected chi connectivity index (χ4v) is 2.00. The molecule has 1 N–H and O–H groups in total. The molecule has 0 fully saturated rings. The molecule has 0 bridgehead atoms. The lowest BCUT2D eigenvalue weighted by atomic mass is 10.1. The third kappa shape index (κ3) is 6.92. The minimum atomic E-state index is -3.20. The summed E-state index contributed by atoms with van der Waals surface area (Å²) in [5.74, 6) is -1.81. The summed E-state index contributed by atoms with van der Waals surface area (Å²) < 4.78 is 70.5. The molecule has 1 amide bonds. The van der Waals surface area contributed by atoms with Gasteiger partial charge in [0.1, 0.15) is 17.3 Å². The largest absolute Gasteiger partial charge is 0.435 e. The zero-order valence-electron chi connectivity index (χ0n) is 13.5. The molecule has 0 aromatic heterocycles. The molecule has 0 aliphatic heterocycles. The normalized spacial score (nSPS) is 11.2. The van der Waals surface area contributed by atoms with E-state index < -0.39 is 30.7 Å². The molecule has 10 heteroatoms. The van der Waals surface area contributed by atoms with Gasteiger partial charge in [0, 0.05) is 11.6 Å². The maximum atomic E-state index is 12.8. The van der Waals surface area contributed by atoms with E-state index in [0.29, 0.717) is 5.56 Å². The minimum absolute atomic E-state index is 0.000927. The van der Waals surface area contributed by atoms with E-state index in [2.05, 4.69) is 20.0 Å². The van der Waals surface area contributed by atoms with Crippen LogP contribution in [0.4, 0.5) is 22.0 Å². The van der Waals surface area contributed by atoms with Gasteiger partial charge in [0.25, 0.3) is 0 Å². The van der Waals surface area contributed by atoms with Crippen molar-refractivity contribution in [2.75, 3.05) is 0 Å². The van der Waals surface area contributed by atoms with Crippen LogP contribution in [0.1, 0.15) is 11.1 Å². The Morgan fingerprint density at radius 3 is 2.33 bits per heavy atom. The number of hydrazone groups is 1. The van der Waals surface area contributed by atoms with Gasteiger partial charge in [-0.3, -0.25) is 4.79 Å². The standard InChI is InChI=1S/C17H13F5N2O3/c18-12-4-1-10(2-5-12)7-15(25)24-23-9-11-3-6-13(26-16(19)20)8-14(11)27-17(21)22/h1-6,8-9,16-17H,7H2,(H,24,25)/b23-9-. The monoisotopic (exact) mass is 388 g/mol. The van der Waals surface area contributed by atoms with Crippen LogP contribution in [0.5, 0.6) is 11.5 Å².